The number of carbonyl (C=O) groups is 1. The number of hydrogen-bond donors (Lipinski definition) is 1. The van der Waals surface area contributed by atoms with E-state index in [1.807, 2.05) is 6.07 Å². The predicted octanol–water partition coefficient (Wildman–Crippen LogP) is 2.80. The third kappa shape index (κ3) is 3.80. The largest absolute Gasteiger partial charge is 0.480 e. The maximum atomic E-state index is 11.4. The molecule has 0 saturated carbocycles. The first-order valence-corrected chi connectivity index (χ1v) is 7.19. The number of aryl methyl sites for hydroxylation is 1. The number of hydrogen-bond acceptors (Lipinski definition) is 2. The van der Waals surface area contributed by atoms with Crippen molar-refractivity contribution in [2.45, 2.75) is 38.6 Å². The van der Waals surface area contributed by atoms with E-state index in [4.69, 9.17) is 0 Å². The van der Waals surface area contributed by atoms with Crippen LogP contribution in [0, 0.1) is 5.92 Å². The molecule has 0 radical (unpaired) electrons. The molecule has 3 heteroatoms. The number of carboxylic acid groups (broad SMARTS) is 1. The highest BCUT2D eigenvalue weighted by Crippen LogP contribution is 2.23. The molecule has 104 valence electrons. The normalized spacial score (nSPS) is 24.3. The zero-order valence-corrected chi connectivity index (χ0v) is 11.6. The van der Waals surface area contributed by atoms with Crippen LogP contribution >= 0.6 is 0 Å². The van der Waals surface area contributed by atoms with Gasteiger partial charge in [-0.05, 0) is 50.3 Å². The highest BCUT2D eigenvalue weighted by Gasteiger charge is 2.33. The zero-order valence-electron chi connectivity index (χ0n) is 11.6. The lowest BCUT2D eigenvalue weighted by Crippen LogP contribution is -2.49. The Morgan fingerprint density at radius 1 is 1.37 bits per heavy atom. The molecule has 0 aliphatic carbocycles. The van der Waals surface area contributed by atoms with Gasteiger partial charge in [0.25, 0.3) is 0 Å². The summed E-state index contributed by atoms with van der Waals surface area (Å²) in [7, 11) is 0. The molecule has 1 heterocycles. The molecule has 1 aromatic carbocycles. The lowest BCUT2D eigenvalue weighted by Gasteiger charge is -2.37. The average Bonchev–Trinajstić information content (AvgIpc) is 2.39. The summed E-state index contributed by atoms with van der Waals surface area (Å²) in [5.41, 5.74) is 1.33. The fourth-order valence-electron chi connectivity index (χ4n) is 3.05. The van der Waals surface area contributed by atoms with E-state index in [9.17, 15) is 9.90 Å². The van der Waals surface area contributed by atoms with Gasteiger partial charge in [-0.3, -0.25) is 9.69 Å². The van der Waals surface area contributed by atoms with Gasteiger partial charge in [0.15, 0.2) is 0 Å². The van der Waals surface area contributed by atoms with Crippen LogP contribution in [0.1, 0.15) is 31.7 Å². The first-order chi connectivity index (χ1) is 9.18. The second kappa shape index (κ2) is 6.71. The fraction of sp³-hybridized carbons (Fsp3) is 0.562. The summed E-state index contributed by atoms with van der Waals surface area (Å²) in [6, 6.07) is 10.1. The van der Waals surface area contributed by atoms with E-state index in [0.717, 1.165) is 38.8 Å². The van der Waals surface area contributed by atoms with E-state index >= 15 is 0 Å². The van der Waals surface area contributed by atoms with Gasteiger partial charge >= 0.3 is 5.97 Å². The number of likely N-dealkylation sites (tertiary alicyclic amines) is 1. The van der Waals surface area contributed by atoms with Gasteiger partial charge in [0.05, 0.1) is 0 Å². The van der Waals surface area contributed by atoms with Crippen LogP contribution in [-0.4, -0.2) is 35.1 Å². The van der Waals surface area contributed by atoms with Crippen LogP contribution in [0.3, 0.4) is 0 Å². The maximum Gasteiger partial charge on any atom is 0.321 e. The zero-order chi connectivity index (χ0) is 13.7. The van der Waals surface area contributed by atoms with E-state index in [0.29, 0.717) is 0 Å². The molecule has 1 aromatic rings. The minimum absolute atomic E-state index is 0.267. The first-order valence-electron chi connectivity index (χ1n) is 7.19. The summed E-state index contributed by atoms with van der Waals surface area (Å²) < 4.78 is 0. The lowest BCUT2D eigenvalue weighted by atomic mass is 9.90. The van der Waals surface area contributed by atoms with Crippen LogP contribution in [0.2, 0.25) is 0 Å². The first kappa shape index (κ1) is 14.1. The summed E-state index contributed by atoms with van der Waals surface area (Å²) in [6.45, 7) is 3.87. The molecule has 1 fully saturated rings. The van der Waals surface area contributed by atoms with Crippen molar-refractivity contribution in [2.24, 2.45) is 5.92 Å². The van der Waals surface area contributed by atoms with Crippen molar-refractivity contribution in [1.29, 1.82) is 0 Å². The highest BCUT2D eigenvalue weighted by molar-refractivity contribution is 5.74. The summed E-state index contributed by atoms with van der Waals surface area (Å²) >= 11 is 0. The molecule has 1 aliphatic heterocycles. The van der Waals surface area contributed by atoms with E-state index < -0.39 is 5.97 Å². The van der Waals surface area contributed by atoms with E-state index in [2.05, 4.69) is 36.1 Å². The van der Waals surface area contributed by atoms with Crippen molar-refractivity contribution in [3.05, 3.63) is 35.9 Å². The Morgan fingerprint density at radius 3 is 2.79 bits per heavy atom. The average molecular weight is 261 g/mol. The minimum Gasteiger partial charge on any atom is -0.480 e. The van der Waals surface area contributed by atoms with Crippen LogP contribution in [0.4, 0.5) is 0 Å². The van der Waals surface area contributed by atoms with Gasteiger partial charge in [-0.1, -0.05) is 37.3 Å². The third-order valence-electron chi connectivity index (χ3n) is 4.04. The van der Waals surface area contributed by atoms with Crippen LogP contribution in [0.15, 0.2) is 30.3 Å². The van der Waals surface area contributed by atoms with Gasteiger partial charge in [-0.25, -0.2) is 0 Å². The Balaban J connectivity index is 1.85. The number of nitrogens with zero attached hydrogens (tertiary/aromatic N) is 1. The van der Waals surface area contributed by atoms with Gasteiger partial charge in [0, 0.05) is 0 Å². The van der Waals surface area contributed by atoms with Gasteiger partial charge < -0.3 is 5.11 Å². The minimum atomic E-state index is -0.660. The van der Waals surface area contributed by atoms with Crippen LogP contribution < -0.4 is 0 Å². The van der Waals surface area contributed by atoms with Crippen molar-refractivity contribution >= 4 is 5.97 Å². The van der Waals surface area contributed by atoms with E-state index in [1.165, 1.54) is 5.56 Å². The topological polar surface area (TPSA) is 40.5 Å². The van der Waals surface area contributed by atoms with Crippen LogP contribution in [-0.2, 0) is 11.2 Å². The lowest BCUT2D eigenvalue weighted by molar-refractivity contribution is -0.146. The molecule has 0 amide bonds. The molecular formula is C16H23NO2. The number of carboxylic acids is 1. The standard InChI is InChI=1S/C16H23NO2/c1-13-7-5-11-17(15(13)16(18)19)12-6-10-14-8-3-2-4-9-14/h2-4,8-9,13,15H,5-7,10-12H2,1H3,(H,18,19). The van der Waals surface area contributed by atoms with E-state index in [-0.39, 0.29) is 12.0 Å². The van der Waals surface area contributed by atoms with Crippen molar-refractivity contribution in [3.8, 4) is 0 Å². The molecule has 0 bridgehead atoms. The van der Waals surface area contributed by atoms with E-state index in [1.54, 1.807) is 0 Å². The Kier molecular flexibility index (Phi) is 4.97. The fourth-order valence-corrected chi connectivity index (χ4v) is 3.05. The summed E-state index contributed by atoms with van der Waals surface area (Å²) in [5, 5.41) is 9.35. The number of benzene rings is 1. The van der Waals surface area contributed by atoms with Crippen LogP contribution in [0.5, 0.6) is 0 Å². The molecule has 2 atom stereocenters. The van der Waals surface area contributed by atoms with Crippen LogP contribution in [0.25, 0.3) is 0 Å². The summed E-state index contributed by atoms with van der Waals surface area (Å²) in [6.07, 6.45) is 4.21. The van der Waals surface area contributed by atoms with Gasteiger partial charge in [0.1, 0.15) is 6.04 Å². The number of rotatable bonds is 5. The molecule has 1 N–H and O–H groups in total. The Bertz CT molecular complexity index is 404. The number of piperidine rings is 1. The summed E-state index contributed by atoms with van der Waals surface area (Å²) in [5.74, 6) is -0.394. The van der Waals surface area contributed by atoms with Crippen molar-refractivity contribution < 1.29 is 9.90 Å². The number of aliphatic carboxylic acids is 1. The molecule has 2 rings (SSSR count). The Hall–Kier alpha value is -1.35. The third-order valence-corrected chi connectivity index (χ3v) is 4.04. The van der Waals surface area contributed by atoms with Crippen molar-refractivity contribution in [1.82, 2.24) is 4.90 Å². The molecular weight excluding hydrogens is 238 g/mol. The van der Waals surface area contributed by atoms with Crippen molar-refractivity contribution in [3.63, 3.8) is 0 Å². The maximum absolute atomic E-state index is 11.4. The summed E-state index contributed by atoms with van der Waals surface area (Å²) in [4.78, 5) is 13.5. The molecule has 19 heavy (non-hydrogen) atoms. The quantitative estimate of drug-likeness (QED) is 0.886. The smallest absolute Gasteiger partial charge is 0.321 e. The molecule has 2 unspecified atom stereocenters. The Labute approximate surface area is 115 Å². The second-order valence-electron chi connectivity index (χ2n) is 5.53. The highest BCUT2D eigenvalue weighted by atomic mass is 16.4. The molecule has 0 aromatic heterocycles. The van der Waals surface area contributed by atoms with Crippen molar-refractivity contribution in [2.75, 3.05) is 13.1 Å². The van der Waals surface area contributed by atoms with Gasteiger partial charge in [-0.15, -0.1) is 0 Å². The Morgan fingerprint density at radius 2 is 2.11 bits per heavy atom. The molecule has 0 spiro atoms. The van der Waals surface area contributed by atoms with Gasteiger partial charge in [-0.2, -0.15) is 0 Å². The SMILES string of the molecule is CC1CCCN(CCCc2ccccc2)C1C(=O)O. The predicted molar refractivity (Wildman–Crippen MR) is 76.2 cm³/mol. The van der Waals surface area contributed by atoms with Gasteiger partial charge in [0.2, 0.25) is 0 Å². The second-order valence-corrected chi connectivity index (χ2v) is 5.53. The molecule has 3 nitrogen and oxygen atoms in total. The molecule has 1 saturated heterocycles. The monoisotopic (exact) mass is 261 g/mol. The molecule has 1 aliphatic rings.